The average Bonchev–Trinajstić information content (AvgIpc) is 2.50. The highest BCUT2D eigenvalue weighted by molar-refractivity contribution is 9.10. The zero-order chi connectivity index (χ0) is 14.8. The molecule has 0 saturated heterocycles. The van der Waals surface area contributed by atoms with E-state index in [1.54, 1.807) is 24.4 Å². The lowest BCUT2D eigenvalue weighted by molar-refractivity contribution is 0.0989. The van der Waals surface area contributed by atoms with Gasteiger partial charge in [0, 0.05) is 18.0 Å². The van der Waals surface area contributed by atoms with Crippen LogP contribution in [0.3, 0.4) is 0 Å². The van der Waals surface area contributed by atoms with Gasteiger partial charge in [-0.15, -0.1) is 0 Å². The van der Waals surface area contributed by atoms with Crippen LogP contribution in [0.2, 0.25) is 0 Å². The number of benzene rings is 2. The van der Waals surface area contributed by atoms with E-state index in [0.717, 1.165) is 16.5 Å². The molecule has 3 aromatic rings. The van der Waals surface area contributed by atoms with Crippen LogP contribution in [-0.2, 0) is 6.42 Å². The normalized spacial score (nSPS) is 10.8. The van der Waals surface area contributed by atoms with E-state index >= 15 is 0 Å². The van der Waals surface area contributed by atoms with E-state index in [1.807, 2.05) is 24.3 Å². The SMILES string of the molecule is O=C(Cc1ccnc2ccccc12)c1cccc(Br)c1F. The van der Waals surface area contributed by atoms with E-state index in [9.17, 15) is 9.18 Å². The number of carbonyl (C=O) groups is 1. The van der Waals surface area contributed by atoms with E-state index in [1.165, 1.54) is 6.07 Å². The number of Topliss-reactive ketones (excluding diaryl/α,β-unsaturated/α-hetero) is 1. The summed E-state index contributed by atoms with van der Waals surface area (Å²) < 4.78 is 14.3. The number of pyridine rings is 1. The fourth-order valence-corrected chi connectivity index (χ4v) is 2.66. The lowest BCUT2D eigenvalue weighted by Gasteiger charge is -2.07. The predicted octanol–water partition coefficient (Wildman–Crippen LogP) is 4.56. The maximum Gasteiger partial charge on any atom is 0.170 e. The van der Waals surface area contributed by atoms with Crippen molar-refractivity contribution in [3.05, 3.63) is 76.1 Å². The van der Waals surface area contributed by atoms with Crippen molar-refractivity contribution in [3.8, 4) is 0 Å². The maximum absolute atomic E-state index is 14.0. The molecule has 104 valence electrons. The summed E-state index contributed by atoms with van der Waals surface area (Å²) in [5.41, 5.74) is 1.78. The predicted molar refractivity (Wildman–Crippen MR) is 83.9 cm³/mol. The molecule has 0 radical (unpaired) electrons. The van der Waals surface area contributed by atoms with Gasteiger partial charge in [0.1, 0.15) is 5.82 Å². The quantitative estimate of drug-likeness (QED) is 0.652. The molecular formula is C17H11BrFNO. The second kappa shape index (κ2) is 5.74. The molecule has 0 aliphatic heterocycles. The Bertz CT molecular complexity index is 827. The first-order valence-electron chi connectivity index (χ1n) is 6.46. The monoisotopic (exact) mass is 343 g/mol. The van der Waals surface area contributed by atoms with Crippen molar-refractivity contribution in [3.63, 3.8) is 0 Å². The Balaban J connectivity index is 1.99. The Morgan fingerprint density at radius 3 is 2.76 bits per heavy atom. The molecule has 21 heavy (non-hydrogen) atoms. The number of hydrogen-bond acceptors (Lipinski definition) is 2. The van der Waals surface area contributed by atoms with Gasteiger partial charge < -0.3 is 0 Å². The summed E-state index contributed by atoms with van der Waals surface area (Å²) in [4.78, 5) is 16.6. The largest absolute Gasteiger partial charge is 0.294 e. The molecule has 0 atom stereocenters. The van der Waals surface area contributed by atoms with Crippen LogP contribution in [0, 0.1) is 5.82 Å². The minimum Gasteiger partial charge on any atom is -0.294 e. The molecule has 1 heterocycles. The number of ketones is 1. The summed E-state index contributed by atoms with van der Waals surface area (Å²) in [7, 11) is 0. The molecule has 0 unspecified atom stereocenters. The number of para-hydroxylation sites is 1. The number of nitrogens with zero attached hydrogens (tertiary/aromatic N) is 1. The summed E-state index contributed by atoms with van der Waals surface area (Å²) in [5.74, 6) is -0.758. The molecule has 0 aliphatic rings. The molecule has 1 aromatic heterocycles. The first-order valence-corrected chi connectivity index (χ1v) is 7.26. The molecule has 0 aliphatic carbocycles. The van der Waals surface area contributed by atoms with Gasteiger partial charge in [-0.05, 0) is 45.8 Å². The minimum atomic E-state index is -0.513. The first-order chi connectivity index (χ1) is 10.2. The van der Waals surface area contributed by atoms with E-state index < -0.39 is 5.82 Å². The lowest BCUT2D eigenvalue weighted by Crippen LogP contribution is -2.07. The van der Waals surface area contributed by atoms with Gasteiger partial charge >= 0.3 is 0 Å². The van der Waals surface area contributed by atoms with Gasteiger partial charge in [-0.3, -0.25) is 9.78 Å². The zero-order valence-corrected chi connectivity index (χ0v) is 12.6. The Labute approximate surface area is 129 Å². The standard InChI is InChI=1S/C17H11BrFNO/c18-14-6-3-5-13(17(14)19)16(21)10-11-8-9-20-15-7-2-1-4-12(11)15/h1-9H,10H2. The third-order valence-corrected chi connectivity index (χ3v) is 3.95. The van der Waals surface area contributed by atoms with Crippen molar-refractivity contribution in [2.45, 2.75) is 6.42 Å². The number of hydrogen-bond donors (Lipinski definition) is 0. The molecule has 2 aromatic carbocycles. The van der Waals surface area contributed by atoms with Crippen molar-refractivity contribution < 1.29 is 9.18 Å². The average molecular weight is 344 g/mol. The molecule has 0 bridgehead atoms. The third kappa shape index (κ3) is 2.72. The Morgan fingerprint density at radius 2 is 1.90 bits per heavy atom. The van der Waals surface area contributed by atoms with Gasteiger partial charge in [0.05, 0.1) is 15.6 Å². The number of fused-ring (bicyclic) bond motifs is 1. The van der Waals surface area contributed by atoms with E-state index in [2.05, 4.69) is 20.9 Å². The van der Waals surface area contributed by atoms with Crippen LogP contribution in [0.1, 0.15) is 15.9 Å². The van der Waals surface area contributed by atoms with Crippen molar-refractivity contribution in [2.24, 2.45) is 0 Å². The van der Waals surface area contributed by atoms with E-state index in [-0.39, 0.29) is 17.8 Å². The molecule has 0 spiro atoms. The summed E-state index contributed by atoms with van der Waals surface area (Å²) >= 11 is 3.10. The van der Waals surface area contributed by atoms with Gasteiger partial charge in [-0.2, -0.15) is 0 Å². The minimum absolute atomic E-state index is 0.102. The van der Waals surface area contributed by atoms with Crippen LogP contribution in [0.25, 0.3) is 10.9 Å². The highest BCUT2D eigenvalue weighted by Gasteiger charge is 2.15. The first kappa shape index (κ1) is 13.9. The summed E-state index contributed by atoms with van der Waals surface area (Å²) in [6, 6.07) is 14.2. The maximum atomic E-state index is 14.0. The fraction of sp³-hybridized carbons (Fsp3) is 0.0588. The summed E-state index contributed by atoms with van der Waals surface area (Å²) in [5, 5.41) is 0.920. The topological polar surface area (TPSA) is 30.0 Å². The fourth-order valence-electron chi connectivity index (χ4n) is 2.30. The summed E-state index contributed by atoms with van der Waals surface area (Å²) in [6.45, 7) is 0. The van der Waals surface area contributed by atoms with Crippen molar-refractivity contribution in [1.29, 1.82) is 0 Å². The Morgan fingerprint density at radius 1 is 1.10 bits per heavy atom. The van der Waals surface area contributed by atoms with E-state index in [4.69, 9.17) is 0 Å². The number of halogens is 2. The highest BCUT2D eigenvalue weighted by Crippen LogP contribution is 2.22. The molecule has 2 nitrogen and oxygen atoms in total. The van der Waals surface area contributed by atoms with Crippen molar-refractivity contribution >= 4 is 32.6 Å². The number of aromatic nitrogens is 1. The number of carbonyl (C=O) groups excluding carboxylic acids is 1. The smallest absolute Gasteiger partial charge is 0.170 e. The van der Waals surface area contributed by atoms with E-state index in [0.29, 0.717) is 4.47 Å². The summed E-state index contributed by atoms with van der Waals surface area (Å²) in [6.07, 6.45) is 1.82. The van der Waals surface area contributed by atoms with Crippen molar-refractivity contribution in [1.82, 2.24) is 4.98 Å². The second-order valence-electron chi connectivity index (χ2n) is 4.69. The van der Waals surface area contributed by atoms with Gasteiger partial charge in [-0.25, -0.2) is 4.39 Å². The van der Waals surface area contributed by atoms with Crippen LogP contribution in [0.5, 0.6) is 0 Å². The second-order valence-corrected chi connectivity index (χ2v) is 5.54. The van der Waals surface area contributed by atoms with Gasteiger partial charge in [0.25, 0.3) is 0 Å². The van der Waals surface area contributed by atoms with Crippen LogP contribution in [0.4, 0.5) is 4.39 Å². The van der Waals surface area contributed by atoms with Crippen LogP contribution < -0.4 is 0 Å². The zero-order valence-electron chi connectivity index (χ0n) is 11.0. The molecule has 4 heteroatoms. The highest BCUT2D eigenvalue weighted by atomic mass is 79.9. The van der Waals surface area contributed by atoms with Gasteiger partial charge in [-0.1, -0.05) is 24.3 Å². The molecule has 3 rings (SSSR count). The molecular weight excluding hydrogens is 333 g/mol. The molecule has 0 fully saturated rings. The van der Waals surface area contributed by atoms with Gasteiger partial charge in [0.2, 0.25) is 0 Å². The number of rotatable bonds is 3. The Hall–Kier alpha value is -2.07. The lowest BCUT2D eigenvalue weighted by atomic mass is 10.00. The van der Waals surface area contributed by atoms with Crippen LogP contribution in [-0.4, -0.2) is 10.8 Å². The molecule has 0 N–H and O–H groups in total. The van der Waals surface area contributed by atoms with Crippen LogP contribution in [0.15, 0.2) is 59.2 Å². The van der Waals surface area contributed by atoms with Crippen LogP contribution >= 0.6 is 15.9 Å². The molecule has 0 saturated carbocycles. The van der Waals surface area contributed by atoms with Gasteiger partial charge in [0.15, 0.2) is 5.78 Å². The third-order valence-electron chi connectivity index (χ3n) is 3.34. The van der Waals surface area contributed by atoms with Crippen molar-refractivity contribution in [2.75, 3.05) is 0 Å². The molecule has 0 amide bonds. The Kier molecular flexibility index (Phi) is 3.80.